The van der Waals surface area contributed by atoms with Gasteiger partial charge < -0.3 is 15.1 Å². The summed E-state index contributed by atoms with van der Waals surface area (Å²) in [7, 11) is 3.13. The summed E-state index contributed by atoms with van der Waals surface area (Å²) in [6.45, 7) is 17.0. The van der Waals surface area contributed by atoms with Gasteiger partial charge in [-0.1, -0.05) is 50.6 Å². The van der Waals surface area contributed by atoms with Gasteiger partial charge in [0, 0.05) is 26.4 Å². The number of likely N-dealkylation sites (N-methyl/N-ethyl adjacent to an activating group) is 2. The van der Waals surface area contributed by atoms with Crippen LogP contribution < -0.4 is 5.32 Å². The number of amides is 2. The average Bonchev–Trinajstić information content (AvgIpc) is 2.76. The number of nitrogens with one attached hydrogen (secondary N) is 1. The molecule has 9 heteroatoms. The van der Waals surface area contributed by atoms with Gasteiger partial charge in [-0.2, -0.15) is 13.2 Å². The minimum Gasteiger partial charge on any atom is -0.337 e. The second kappa shape index (κ2) is 13.7. The number of benzene rings is 1. The highest BCUT2D eigenvalue weighted by atomic mass is 19.4. The van der Waals surface area contributed by atoms with Crippen LogP contribution in [0.15, 0.2) is 48.6 Å². The van der Waals surface area contributed by atoms with Crippen LogP contribution in [0.4, 0.5) is 13.2 Å². The molecule has 212 valence electrons. The Morgan fingerprint density at radius 3 is 1.92 bits per heavy atom. The molecule has 1 aromatic carbocycles. The molecule has 0 aliphatic heterocycles. The van der Waals surface area contributed by atoms with E-state index in [1.54, 1.807) is 20.9 Å². The Balaban J connectivity index is 3.47. The van der Waals surface area contributed by atoms with Crippen molar-refractivity contribution < 1.29 is 27.6 Å². The van der Waals surface area contributed by atoms with Crippen molar-refractivity contribution in [3.05, 3.63) is 59.7 Å². The first-order chi connectivity index (χ1) is 17.4. The summed E-state index contributed by atoms with van der Waals surface area (Å²) in [5.41, 5.74) is 0.779. The smallest absolute Gasteiger partial charge is 0.337 e. The zero-order valence-electron chi connectivity index (χ0n) is 23.7. The van der Waals surface area contributed by atoms with E-state index in [2.05, 4.69) is 18.5 Å². The SMILES string of the molecule is C=C(C)C[C@H](NC)C(=O)N(CC(=C)C)[C@@H](Cc1ccc(C(F)(F)F)cc1)C(=O)N(C)CC(=O)CC(C)(C)C. The van der Waals surface area contributed by atoms with Crippen molar-refractivity contribution in [3.63, 3.8) is 0 Å². The summed E-state index contributed by atoms with van der Waals surface area (Å²) < 4.78 is 39.3. The topological polar surface area (TPSA) is 69.7 Å². The largest absolute Gasteiger partial charge is 0.416 e. The van der Waals surface area contributed by atoms with Crippen molar-refractivity contribution in [2.45, 2.75) is 72.1 Å². The Morgan fingerprint density at radius 1 is 0.947 bits per heavy atom. The zero-order chi connectivity index (χ0) is 29.4. The predicted molar refractivity (Wildman–Crippen MR) is 144 cm³/mol. The average molecular weight is 538 g/mol. The number of nitrogens with zero attached hydrogens (tertiary/aromatic N) is 2. The van der Waals surface area contributed by atoms with Crippen LogP contribution in [0.5, 0.6) is 0 Å². The standard InChI is InChI=1S/C29H42F3N3O3/c1-19(2)14-24(33-8)26(37)35(17-20(3)4)25(15-21-10-12-22(13-11-21)29(30,31)32)27(38)34(9)18-23(36)16-28(5,6)7/h10-13,24-25,33H,1,3,14-18H2,2,4-9H3/t24-,25-/m0/s1. The van der Waals surface area contributed by atoms with E-state index in [0.29, 0.717) is 17.6 Å². The molecule has 0 saturated heterocycles. The molecule has 1 aromatic rings. The van der Waals surface area contributed by atoms with Crippen molar-refractivity contribution in [3.8, 4) is 0 Å². The molecule has 0 spiro atoms. The third kappa shape index (κ3) is 10.8. The molecule has 2 atom stereocenters. The van der Waals surface area contributed by atoms with Gasteiger partial charge in [-0.3, -0.25) is 14.4 Å². The van der Waals surface area contributed by atoms with Crippen molar-refractivity contribution in [1.82, 2.24) is 15.1 Å². The quantitative estimate of drug-likeness (QED) is 0.358. The molecule has 2 amide bonds. The Morgan fingerprint density at radius 2 is 1.50 bits per heavy atom. The van der Waals surface area contributed by atoms with Crippen molar-refractivity contribution in [2.24, 2.45) is 5.41 Å². The molecule has 0 heterocycles. The zero-order valence-corrected chi connectivity index (χ0v) is 23.7. The summed E-state index contributed by atoms with van der Waals surface area (Å²) in [5.74, 6) is -0.972. The maximum atomic E-state index is 13.8. The number of halogens is 3. The van der Waals surface area contributed by atoms with Gasteiger partial charge >= 0.3 is 6.18 Å². The summed E-state index contributed by atoms with van der Waals surface area (Å²) in [6.07, 6.45) is -3.92. The first-order valence-electron chi connectivity index (χ1n) is 12.5. The molecule has 0 unspecified atom stereocenters. The van der Waals surface area contributed by atoms with E-state index in [9.17, 15) is 27.6 Å². The second-order valence-electron chi connectivity index (χ2n) is 11.3. The molecule has 0 radical (unpaired) electrons. The maximum Gasteiger partial charge on any atom is 0.416 e. The van der Waals surface area contributed by atoms with E-state index >= 15 is 0 Å². The molecule has 0 bridgehead atoms. The van der Waals surface area contributed by atoms with E-state index in [-0.39, 0.29) is 43.0 Å². The molecule has 1 rings (SSSR count). The van der Waals surface area contributed by atoms with Gasteiger partial charge in [0.2, 0.25) is 11.8 Å². The number of ketones is 1. The minimum atomic E-state index is -4.49. The van der Waals surface area contributed by atoms with Gasteiger partial charge in [-0.25, -0.2) is 0 Å². The van der Waals surface area contributed by atoms with Crippen LogP contribution in [0.1, 0.15) is 58.6 Å². The third-order valence-corrected chi connectivity index (χ3v) is 5.81. The van der Waals surface area contributed by atoms with Gasteiger partial charge in [0.05, 0.1) is 18.2 Å². The van der Waals surface area contributed by atoms with Crippen LogP contribution in [0.25, 0.3) is 0 Å². The summed E-state index contributed by atoms with van der Waals surface area (Å²) in [5, 5.41) is 2.97. The molecule has 38 heavy (non-hydrogen) atoms. The van der Waals surface area contributed by atoms with Gasteiger partial charge in [0.25, 0.3) is 0 Å². The highest BCUT2D eigenvalue weighted by Crippen LogP contribution is 2.29. The first kappa shape index (κ1) is 33.1. The second-order valence-corrected chi connectivity index (χ2v) is 11.3. The van der Waals surface area contributed by atoms with Crippen LogP contribution in [0.2, 0.25) is 0 Å². The summed E-state index contributed by atoms with van der Waals surface area (Å²) in [6, 6.07) is 2.79. The van der Waals surface area contributed by atoms with Crippen LogP contribution in [0.3, 0.4) is 0 Å². The maximum absolute atomic E-state index is 13.8. The van der Waals surface area contributed by atoms with Crippen molar-refractivity contribution in [2.75, 3.05) is 27.2 Å². The fourth-order valence-electron chi connectivity index (χ4n) is 4.12. The highest BCUT2D eigenvalue weighted by molar-refractivity contribution is 5.92. The van der Waals surface area contributed by atoms with Gasteiger partial charge in [0.1, 0.15) is 6.04 Å². The minimum absolute atomic E-state index is 0.0305. The van der Waals surface area contributed by atoms with Crippen LogP contribution in [0, 0.1) is 5.41 Å². The van der Waals surface area contributed by atoms with Crippen LogP contribution >= 0.6 is 0 Å². The molecule has 6 nitrogen and oxygen atoms in total. The summed E-state index contributed by atoms with van der Waals surface area (Å²) in [4.78, 5) is 42.8. The summed E-state index contributed by atoms with van der Waals surface area (Å²) >= 11 is 0. The fraction of sp³-hybridized carbons (Fsp3) is 0.552. The molecule has 0 saturated carbocycles. The molecule has 0 aliphatic carbocycles. The van der Waals surface area contributed by atoms with E-state index in [0.717, 1.165) is 17.7 Å². The number of alkyl halides is 3. The third-order valence-electron chi connectivity index (χ3n) is 5.81. The molecule has 0 aromatic heterocycles. The molecular formula is C29H42F3N3O3. The Hall–Kier alpha value is -2.94. The lowest BCUT2D eigenvalue weighted by atomic mass is 9.90. The Kier molecular flexibility index (Phi) is 12.0. The Bertz CT molecular complexity index is 1010. The van der Waals surface area contributed by atoms with E-state index in [1.165, 1.54) is 29.0 Å². The number of hydrogen-bond donors (Lipinski definition) is 1. The van der Waals surface area contributed by atoms with E-state index in [4.69, 9.17) is 0 Å². The molecular weight excluding hydrogens is 495 g/mol. The predicted octanol–water partition coefficient (Wildman–Crippen LogP) is 5.04. The molecule has 1 N–H and O–H groups in total. The van der Waals surface area contributed by atoms with Crippen molar-refractivity contribution >= 4 is 17.6 Å². The Labute approximate surface area is 224 Å². The number of rotatable bonds is 13. The van der Waals surface area contributed by atoms with Gasteiger partial charge in [-0.15, -0.1) is 6.58 Å². The van der Waals surface area contributed by atoms with Crippen LogP contribution in [-0.2, 0) is 27.0 Å². The van der Waals surface area contributed by atoms with E-state index < -0.39 is 29.7 Å². The first-order valence-corrected chi connectivity index (χ1v) is 12.5. The fourth-order valence-corrected chi connectivity index (χ4v) is 4.12. The van der Waals surface area contributed by atoms with E-state index in [1.807, 2.05) is 20.8 Å². The number of carbonyl (C=O) groups is 3. The van der Waals surface area contributed by atoms with Gasteiger partial charge in [0.15, 0.2) is 5.78 Å². The lowest BCUT2D eigenvalue weighted by Gasteiger charge is -2.36. The number of Topliss-reactive ketones (excluding diaryl/α,β-unsaturated/α-hetero) is 1. The lowest BCUT2D eigenvalue weighted by Crippen LogP contribution is -2.56. The molecule has 0 fully saturated rings. The normalized spacial score (nSPS) is 13.4. The molecule has 0 aliphatic rings. The number of carbonyl (C=O) groups excluding carboxylic acids is 3. The van der Waals surface area contributed by atoms with Crippen molar-refractivity contribution in [1.29, 1.82) is 0 Å². The van der Waals surface area contributed by atoms with Crippen LogP contribution in [-0.4, -0.2) is 66.7 Å². The lowest BCUT2D eigenvalue weighted by molar-refractivity contribution is -0.146. The monoisotopic (exact) mass is 537 g/mol. The highest BCUT2D eigenvalue weighted by Gasteiger charge is 2.36. The number of hydrogen-bond acceptors (Lipinski definition) is 4. The van der Waals surface area contributed by atoms with Gasteiger partial charge in [-0.05, 0) is 50.4 Å².